The van der Waals surface area contributed by atoms with E-state index in [0.29, 0.717) is 11.9 Å². The molecule has 0 aromatic carbocycles. The van der Waals surface area contributed by atoms with Crippen LogP contribution in [0.15, 0.2) is 0 Å². The summed E-state index contributed by atoms with van der Waals surface area (Å²) in [6, 6.07) is 0.701. The lowest BCUT2D eigenvalue weighted by Gasteiger charge is -2.40. The topological polar surface area (TPSA) is 35.6 Å². The summed E-state index contributed by atoms with van der Waals surface area (Å²) in [7, 11) is 0. The Morgan fingerprint density at radius 1 is 1.28 bits per heavy atom. The minimum atomic E-state index is 0.360. The normalized spacial score (nSPS) is 26.3. The van der Waals surface area contributed by atoms with Crippen molar-refractivity contribution in [3.8, 4) is 0 Å². The van der Waals surface area contributed by atoms with Gasteiger partial charge in [-0.05, 0) is 25.8 Å². The van der Waals surface area contributed by atoms with E-state index in [4.69, 9.17) is 0 Å². The molecule has 2 heterocycles. The Bertz CT molecular complexity index is 256. The third kappa shape index (κ3) is 3.69. The number of amides is 1. The van der Waals surface area contributed by atoms with Gasteiger partial charge < -0.3 is 10.2 Å². The first-order chi connectivity index (χ1) is 8.81. The minimum Gasteiger partial charge on any atom is -0.340 e. The fourth-order valence-corrected chi connectivity index (χ4v) is 2.97. The minimum absolute atomic E-state index is 0.360. The van der Waals surface area contributed by atoms with Crippen LogP contribution in [0.5, 0.6) is 0 Å². The predicted molar refractivity (Wildman–Crippen MR) is 73.6 cm³/mol. The van der Waals surface area contributed by atoms with E-state index in [1.54, 1.807) is 0 Å². The zero-order chi connectivity index (χ0) is 12.8. The fourth-order valence-electron chi connectivity index (χ4n) is 2.97. The van der Waals surface area contributed by atoms with Gasteiger partial charge >= 0.3 is 0 Å². The summed E-state index contributed by atoms with van der Waals surface area (Å²) in [5, 5.41) is 3.47. The molecule has 1 atom stereocenters. The predicted octanol–water partition coefficient (Wildman–Crippen LogP) is 1.07. The molecule has 2 fully saturated rings. The molecule has 2 aliphatic rings. The maximum Gasteiger partial charge on any atom is 0.222 e. The number of hydrogen-bond donors (Lipinski definition) is 1. The molecule has 18 heavy (non-hydrogen) atoms. The van der Waals surface area contributed by atoms with Gasteiger partial charge in [-0.3, -0.25) is 9.69 Å². The molecule has 0 aliphatic carbocycles. The van der Waals surface area contributed by atoms with E-state index in [-0.39, 0.29) is 0 Å². The van der Waals surface area contributed by atoms with Gasteiger partial charge in [0.05, 0.1) is 0 Å². The molecule has 0 radical (unpaired) electrons. The second kappa shape index (κ2) is 7.10. The lowest BCUT2D eigenvalue weighted by atomic mass is 10.0. The standard InChI is InChI=1S/C14H27N3O/c1-2-3-6-14(18)17-10-8-16(9-11-17)13-5-4-7-15-12-13/h13,15H,2-12H2,1H3. The van der Waals surface area contributed by atoms with Gasteiger partial charge in [-0.25, -0.2) is 0 Å². The summed E-state index contributed by atoms with van der Waals surface area (Å²) in [5.74, 6) is 0.360. The fraction of sp³-hybridized carbons (Fsp3) is 0.929. The molecule has 2 saturated heterocycles. The van der Waals surface area contributed by atoms with Gasteiger partial charge in [-0.2, -0.15) is 0 Å². The Morgan fingerprint density at radius 2 is 2.06 bits per heavy atom. The van der Waals surface area contributed by atoms with E-state index in [1.807, 2.05) is 0 Å². The van der Waals surface area contributed by atoms with Gasteiger partial charge in [0.2, 0.25) is 5.91 Å². The van der Waals surface area contributed by atoms with Crippen molar-refractivity contribution in [3.05, 3.63) is 0 Å². The van der Waals surface area contributed by atoms with Gasteiger partial charge in [0.1, 0.15) is 0 Å². The maximum absolute atomic E-state index is 11.9. The number of piperazine rings is 1. The van der Waals surface area contributed by atoms with Gasteiger partial charge in [0.25, 0.3) is 0 Å². The van der Waals surface area contributed by atoms with Crippen molar-refractivity contribution in [1.29, 1.82) is 0 Å². The van der Waals surface area contributed by atoms with Crippen molar-refractivity contribution < 1.29 is 4.79 Å². The van der Waals surface area contributed by atoms with Crippen LogP contribution in [-0.4, -0.2) is 61.0 Å². The third-order valence-electron chi connectivity index (χ3n) is 4.20. The summed E-state index contributed by atoms with van der Waals surface area (Å²) in [6.45, 7) is 8.42. The van der Waals surface area contributed by atoms with E-state index in [9.17, 15) is 4.79 Å². The van der Waals surface area contributed by atoms with Crippen LogP contribution in [0.1, 0.15) is 39.0 Å². The van der Waals surface area contributed by atoms with Crippen molar-refractivity contribution in [3.63, 3.8) is 0 Å². The van der Waals surface area contributed by atoms with E-state index in [1.165, 1.54) is 19.4 Å². The van der Waals surface area contributed by atoms with Crippen LogP contribution in [-0.2, 0) is 4.79 Å². The molecule has 1 unspecified atom stereocenters. The Labute approximate surface area is 111 Å². The summed E-state index contributed by atoms with van der Waals surface area (Å²) in [6.07, 6.45) is 5.49. The van der Waals surface area contributed by atoms with Crippen LogP contribution in [0.3, 0.4) is 0 Å². The van der Waals surface area contributed by atoms with Crippen LogP contribution < -0.4 is 5.32 Å². The highest BCUT2D eigenvalue weighted by Crippen LogP contribution is 2.14. The molecule has 0 aromatic rings. The van der Waals surface area contributed by atoms with Crippen LogP contribution in [0, 0.1) is 0 Å². The summed E-state index contributed by atoms with van der Waals surface area (Å²) in [5.41, 5.74) is 0. The quantitative estimate of drug-likeness (QED) is 0.814. The number of carbonyl (C=O) groups is 1. The number of unbranched alkanes of at least 4 members (excludes halogenated alkanes) is 1. The Balaban J connectivity index is 1.71. The number of piperidine rings is 1. The first kappa shape index (κ1) is 13.8. The maximum atomic E-state index is 11.9. The SMILES string of the molecule is CCCCC(=O)N1CCN(C2CCCNC2)CC1. The largest absolute Gasteiger partial charge is 0.340 e. The van der Waals surface area contributed by atoms with Crippen molar-refractivity contribution in [1.82, 2.24) is 15.1 Å². The van der Waals surface area contributed by atoms with Crippen molar-refractivity contribution in [2.75, 3.05) is 39.3 Å². The number of hydrogen-bond acceptors (Lipinski definition) is 3. The highest BCUT2D eigenvalue weighted by molar-refractivity contribution is 5.76. The second-order valence-electron chi connectivity index (χ2n) is 5.52. The highest BCUT2D eigenvalue weighted by atomic mass is 16.2. The van der Waals surface area contributed by atoms with E-state index in [0.717, 1.165) is 52.0 Å². The van der Waals surface area contributed by atoms with Gasteiger partial charge in [-0.15, -0.1) is 0 Å². The van der Waals surface area contributed by atoms with Gasteiger partial charge in [-0.1, -0.05) is 13.3 Å². The molecular weight excluding hydrogens is 226 g/mol. The molecule has 2 rings (SSSR count). The first-order valence-corrected chi connectivity index (χ1v) is 7.54. The molecule has 0 saturated carbocycles. The monoisotopic (exact) mass is 253 g/mol. The van der Waals surface area contributed by atoms with E-state index >= 15 is 0 Å². The Morgan fingerprint density at radius 3 is 2.67 bits per heavy atom. The van der Waals surface area contributed by atoms with Crippen LogP contribution in [0.25, 0.3) is 0 Å². The molecule has 2 aliphatic heterocycles. The molecule has 0 bridgehead atoms. The zero-order valence-corrected chi connectivity index (χ0v) is 11.7. The number of nitrogens with one attached hydrogen (secondary N) is 1. The summed E-state index contributed by atoms with van der Waals surface area (Å²) >= 11 is 0. The van der Waals surface area contributed by atoms with Crippen LogP contribution in [0.2, 0.25) is 0 Å². The van der Waals surface area contributed by atoms with Gasteiger partial charge in [0.15, 0.2) is 0 Å². The van der Waals surface area contributed by atoms with Crippen LogP contribution >= 0.6 is 0 Å². The molecule has 1 N–H and O–H groups in total. The lowest BCUT2D eigenvalue weighted by molar-refractivity contribution is -0.133. The molecule has 0 aromatic heterocycles. The number of nitrogens with zero attached hydrogens (tertiary/aromatic N) is 2. The number of carbonyl (C=O) groups excluding carboxylic acids is 1. The Hall–Kier alpha value is -0.610. The third-order valence-corrected chi connectivity index (χ3v) is 4.20. The second-order valence-corrected chi connectivity index (χ2v) is 5.52. The number of rotatable bonds is 4. The molecule has 4 heteroatoms. The van der Waals surface area contributed by atoms with Crippen molar-refractivity contribution in [2.24, 2.45) is 0 Å². The summed E-state index contributed by atoms with van der Waals surface area (Å²) in [4.78, 5) is 16.6. The average Bonchev–Trinajstić information content (AvgIpc) is 2.46. The molecule has 0 spiro atoms. The van der Waals surface area contributed by atoms with E-state index < -0.39 is 0 Å². The van der Waals surface area contributed by atoms with Gasteiger partial charge in [0, 0.05) is 45.2 Å². The molecule has 4 nitrogen and oxygen atoms in total. The molecular formula is C14H27N3O. The van der Waals surface area contributed by atoms with Crippen molar-refractivity contribution >= 4 is 5.91 Å². The lowest BCUT2D eigenvalue weighted by Crippen LogP contribution is -2.55. The van der Waals surface area contributed by atoms with Crippen molar-refractivity contribution in [2.45, 2.75) is 45.1 Å². The smallest absolute Gasteiger partial charge is 0.222 e. The highest BCUT2D eigenvalue weighted by Gasteiger charge is 2.26. The van der Waals surface area contributed by atoms with Crippen LogP contribution in [0.4, 0.5) is 0 Å². The summed E-state index contributed by atoms with van der Waals surface area (Å²) < 4.78 is 0. The Kier molecular flexibility index (Phi) is 5.45. The first-order valence-electron chi connectivity index (χ1n) is 7.54. The van der Waals surface area contributed by atoms with E-state index in [2.05, 4.69) is 22.0 Å². The zero-order valence-electron chi connectivity index (χ0n) is 11.7. The molecule has 1 amide bonds. The average molecular weight is 253 g/mol. The molecule has 104 valence electrons.